The molecule has 2 amide bonds. The molecule has 6 nitrogen and oxygen atoms in total. The second-order valence-corrected chi connectivity index (χ2v) is 8.48. The molecule has 2 aromatic carbocycles. The number of amides is 2. The predicted molar refractivity (Wildman–Crippen MR) is 106 cm³/mol. The molecule has 0 saturated carbocycles. The predicted octanol–water partition coefficient (Wildman–Crippen LogP) is 2.95. The van der Waals surface area contributed by atoms with Crippen LogP contribution in [0.4, 0.5) is 5.69 Å². The number of carbonyl (C=O) groups is 2. The van der Waals surface area contributed by atoms with Crippen molar-refractivity contribution >= 4 is 34.8 Å². The summed E-state index contributed by atoms with van der Waals surface area (Å²) in [7, 11) is 0. The van der Waals surface area contributed by atoms with Crippen LogP contribution in [0.3, 0.4) is 0 Å². The largest absolute Gasteiger partial charge is 0.389 e. The second-order valence-electron chi connectivity index (χ2n) is 8.04. The molecule has 7 heteroatoms. The number of hydrogen-bond acceptors (Lipinski definition) is 5. The summed E-state index contributed by atoms with van der Waals surface area (Å²) in [6.45, 7) is 2.03. The summed E-state index contributed by atoms with van der Waals surface area (Å²) >= 11 is 5.95. The normalized spacial score (nSPS) is 34.3. The summed E-state index contributed by atoms with van der Waals surface area (Å²) in [5.74, 6) is -1.64. The van der Waals surface area contributed by atoms with Gasteiger partial charge in [0.05, 0.1) is 35.3 Å². The number of fused-ring (bicyclic) bond motifs is 8. The molecule has 146 valence electrons. The zero-order valence-corrected chi connectivity index (χ0v) is 16.2. The van der Waals surface area contributed by atoms with E-state index in [4.69, 9.17) is 21.2 Å². The van der Waals surface area contributed by atoms with Crippen LogP contribution < -0.4 is 4.90 Å². The molecular formula is C22H17ClN2O4. The van der Waals surface area contributed by atoms with Crippen molar-refractivity contribution in [2.24, 2.45) is 22.9 Å². The van der Waals surface area contributed by atoms with Gasteiger partial charge in [0, 0.05) is 5.02 Å². The average Bonchev–Trinajstić information content (AvgIpc) is 3.44. The van der Waals surface area contributed by atoms with Crippen LogP contribution in [-0.4, -0.2) is 35.8 Å². The lowest BCUT2D eigenvalue weighted by Crippen LogP contribution is -2.45. The van der Waals surface area contributed by atoms with Gasteiger partial charge in [-0.15, -0.1) is 0 Å². The van der Waals surface area contributed by atoms with Crippen LogP contribution in [0.2, 0.25) is 5.02 Å². The van der Waals surface area contributed by atoms with Crippen molar-refractivity contribution in [3.8, 4) is 0 Å². The second kappa shape index (κ2) is 5.90. The van der Waals surface area contributed by atoms with Gasteiger partial charge in [-0.2, -0.15) is 0 Å². The van der Waals surface area contributed by atoms with Gasteiger partial charge in [-0.3, -0.25) is 9.59 Å². The molecule has 0 spiro atoms. The van der Waals surface area contributed by atoms with Crippen molar-refractivity contribution in [1.29, 1.82) is 0 Å². The molecule has 0 aromatic heterocycles. The zero-order chi connectivity index (χ0) is 19.9. The quantitative estimate of drug-likeness (QED) is 0.716. The van der Waals surface area contributed by atoms with Crippen molar-refractivity contribution in [2.45, 2.75) is 25.2 Å². The fourth-order valence-corrected chi connectivity index (χ4v) is 5.29. The number of oxime groups is 1. The minimum Gasteiger partial charge on any atom is -0.389 e. The van der Waals surface area contributed by atoms with Gasteiger partial charge in [-0.25, -0.2) is 4.90 Å². The van der Waals surface area contributed by atoms with Crippen molar-refractivity contribution in [3.05, 3.63) is 64.7 Å². The Hall–Kier alpha value is -2.70. The fraction of sp³-hybridized carbons (Fsp3) is 0.318. The standard InChI is InChI=1S/C22H17ClN2O4/c1-10-2-4-11(5-3-10)17-16-18-14-15(19(28-18)20(16)29-24-17)22(27)25(21(14)26)13-8-6-12(23)7-9-13/h2-9,14-16,18-20H,1H3/t14-,15+,16-,18-,19+,20-/m0/s1. The van der Waals surface area contributed by atoms with Crippen LogP contribution in [0, 0.1) is 24.7 Å². The summed E-state index contributed by atoms with van der Waals surface area (Å²) in [6.07, 6.45) is -1.21. The molecule has 4 aliphatic rings. The number of ether oxygens (including phenoxy) is 1. The maximum absolute atomic E-state index is 13.3. The highest BCUT2D eigenvalue weighted by molar-refractivity contribution is 6.31. The van der Waals surface area contributed by atoms with E-state index >= 15 is 0 Å². The SMILES string of the molecule is Cc1ccc(C2=NO[C@@H]3[C@@H]4O[C@H]([C@H]23)[C@H]2C(=O)N(c3ccc(Cl)cc3)C(=O)[C@@H]42)cc1. The van der Waals surface area contributed by atoms with Crippen molar-refractivity contribution < 1.29 is 19.2 Å². The molecule has 3 fully saturated rings. The van der Waals surface area contributed by atoms with E-state index in [1.807, 2.05) is 31.2 Å². The van der Waals surface area contributed by atoms with Crippen molar-refractivity contribution in [2.75, 3.05) is 4.90 Å². The molecule has 4 heterocycles. The van der Waals surface area contributed by atoms with Crippen LogP contribution in [0.15, 0.2) is 53.7 Å². The summed E-state index contributed by atoms with van der Waals surface area (Å²) in [4.78, 5) is 33.4. The topological polar surface area (TPSA) is 68.2 Å². The van der Waals surface area contributed by atoms with Crippen LogP contribution >= 0.6 is 11.6 Å². The van der Waals surface area contributed by atoms with E-state index < -0.39 is 24.0 Å². The molecule has 2 aromatic rings. The number of rotatable bonds is 2. The van der Waals surface area contributed by atoms with E-state index in [9.17, 15) is 9.59 Å². The third-order valence-corrected chi connectivity index (χ3v) is 6.72. The Bertz CT molecular complexity index is 1070. The lowest BCUT2D eigenvalue weighted by Gasteiger charge is -2.26. The summed E-state index contributed by atoms with van der Waals surface area (Å²) < 4.78 is 6.13. The van der Waals surface area contributed by atoms with Gasteiger partial charge in [0.25, 0.3) is 0 Å². The minimum atomic E-state index is -0.531. The van der Waals surface area contributed by atoms with Gasteiger partial charge in [-0.05, 0) is 36.8 Å². The lowest BCUT2D eigenvalue weighted by atomic mass is 9.71. The monoisotopic (exact) mass is 408 g/mol. The highest BCUT2D eigenvalue weighted by Crippen LogP contribution is 2.55. The molecule has 6 atom stereocenters. The molecule has 0 radical (unpaired) electrons. The highest BCUT2D eigenvalue weighted by atomic mass is 35.5. The third-order valence-electron chi connectivity index (χ3n) is 6.47. The number of benzene rings is 2. The van der Waals surface area contributed by atoms with E-state index in [1.165, 1.54) is 4.90 Å². The van der Waals surface area contributed by atoms with E-state index in [-0.39, 0.29) is 23.8 Å². The maximum atomic E-state index is 13.3. The fourth-order valence-electron chi connectivity index (χ4n) is 5.16. The van der Waals surface area contributed by atoms with Crippen LogP contribution in [0.5, 0.6) is 0 Å². The summed E-state index contributed by atoms with van der Waals surface area (Å²) in [5.41, 5.74) is 3.45. The Labute approximate surface area is 172 Å². The number of imide groups is 1. The Morgan fingerprint density at radius 3 is 2.21 bits per heavy atom. The first kappa shape index (κ1) is 17.2. The zero-order valence-electron chi connectivity index (χ0n) is 15.5. The van der Waals surface area contributed by atoms with Gasteiger partial charge in [0.2, 0.25) is 11.8 Å². The van der Waals surface area contributed by atoms with Gasteiger partial charge in [-0.1, -0.05) is 46.6 Å². The molecule has 0 N–H and O–H groups in total. The number of nitrogens with zero attached hydrogens (tertiary/aromatic N) is 2. The van der Waals surface area contributed by atoms with Crippen molar-refractivity contribution in [1.82, 2.24) is 0 Å². The molecule has 0 unspecified atom stereocenters. The number of hydrogen-bond donors (Lipinski definition) is 0. The first-order valence-corrected chi connectivity index (χ1v) is 10.0. The minimum absolute atomic E-state index is 0.147. The average molecular weight is 409 g/mol. The summed E-state index contributed by atoms with van der Waals surface area (Å²) in [6, 6.07) is 14.8. The van der Waals surface area contributed by atoms with E-state index in [1.54, 1.807) is 24.3 Å². The highest BCUT2D eigenvalue weighted by Gasteiger charge is 2.72. The number of halogens is 1. The Morgan fingerprint density at radius 1 is 0.862 bits per heavy atom. The smallest absolute Gasteiger partial charge is 0.240 e. The van der Waals surface area contributed by atoms with Gasteiger partial charge >= 0.3 is 0 Å². The molecule has 2 bridgehead atoms. The van der Waals surface area contributed by atoms with Crippen LogP contribution in [0.1, 0.15) is 11.1 Å². The van der Waals surface area contributed by atoms with E-state index in [2.05, 4.69) is 5.16 Å². The Balaban J connectivity index is 1.35. The Kier molecular flexibility index (Phi) is 3.50. The van der Waals surface area contributed by atoms with Gasteiger partial charge in [0.15, 0.2) is 6.10 Å². The first-order chi connectivity index (χ1) is 14.0. The number of anilines is 1. The number of carbonyl (C=O) groups excluding carboxylic acids is 2. The third kappa shape index (κ3) is 2.24. The number of aryl methyl sites for hydroxylation is 1. The van der Waals surface area contributed by atoms with Gasteiger partial charge in [0.1, 0.15) is 6.10 Å². The van der Waals surface area contributed by atoms with Gasteiger partial charge < -0.3 is 9.57 Å². The molecule has 6 rings (SSSR count). The first-order valence-electron chi connectivity index (χ1n) is 9.64. The molecule has 3 saturated heterocycles. The Morgan fingerprint density at radius 2 is 1.52 bits per heavy atom. The maximum Gasteiger partial charge on any atom is 0.240 e. The molecule has 0 aliphatic carbocycles. The summed E-state index contributed by atoms with van der Waals surface area (Å²) in [5, 5.41) is 4.87. The van der Waals surface area contributed by atoms with E-state index in [0.717, 1.165) is 16.8 Å². The van der Waals surface area contributed by atoms with E-state index in [0.29, 0.717) is 10.7 Å². The van der Waals surface area contributed by atoms with Crippen molar-refractivity contribution in [3.63, 3.8) is 0 Å². The molecular weight excluding hydrogens is 392 g/mol. The van der Waals surface area contributed by atoms with Crippen LogP contribution in [0.25, 0.3) is 0 Å². The molecule has 29 heavy (non-hydrogen) atoms. The molecule has 4 aliphatic heterocycles. The lowest BCUT2D eigenvalue weighted by molar-refractivity contribution is -0.125. The van der Waals surface area contributed by atoms with Crippen LogP contribution in [-0.2, 0) is 19.2 Å².